The number of carboxylic acid groups (broad SMARTS) is 1. The minimum absolute atomic E-state index is 0.104. The first-order valence-electron chi connectivity index (χ1n) is 4.05. The standard InChI is InChI=1S/C9H5BrF2N2O2/c10-8-7(9(11)12)4(2-6(15)16)1-5(3-13)14-8/h1,9H,2H2,(H,15,16). The van der Waals surface area contributed by atoms with Gasteiger partial charge in [0.15, 0.2) is 0 Å². The zero-order chi connectivity index (χ0) is 12.3. The first-order valence-corrected chi connectivity index (χ1v) is 4.84. The van der Waals surface area contributed by atoms with Crippen LogP contribution >= 0.6 is 15.9 Å². The van der Waals surface area contributed by atoms with E-state index in [4.69, 9.17) is 10.4 Å². The van der Waals surface area contributed by atoms with Crippen LogP contribution in [-0.2, 0) is 11.2 Å². The summed E-state index contributed by atoms with van der Waals surface area (Å²) in [7, 11) is 0. The van der Waals surface area contributed by atoms with E-state index in [0.29, 0.717) is 0 Å². The maximum atomic E-state index is 12.6. The average molecular weight is 291 g/mol. The molecule has 7 heteroatoms. The molecule has 0 bridgehead atoms. The van der Waals surface area contributed by atoms with Crippen LogP contribution in [0.5, 0.6) is 0 Å². The highest BCUT2D eigenvalue weighted by Gasteiger charge is 2.20. The van der Waals surface area contributed by atoms with Crippen molar-refractivity contribution in [2.45, 2.75) is 12.8 Å². The maximum absolute atomic E-state index is 12.6. The van der Waals surface area contributed by atoms with E-state index in [2.05, 4.69) is 20.9 Å². The fraction of sp³-hybridized carbons (Fsp3) is 0.222. The fourth-order valence-corrected chi connectivity index (χ4v) is 1.79. The third-order valence-corrected chi connectivity index (χ3v) is 2.38. The number of carbonyl (C=O) groups is 1. The van der Waals surface area contributed by atoms with Crippen molar-refractivity contribution in [3.05, 3.63) is 27.5 Å². The number of nitriles is 1. The molecule has 0 spiro atoms. The number of carboxylic acids is 1. The number of hydrogen-bond acceptors (Lipinski definition) is 3. The molecule has 0 aliphatic heterocycles. The Balaban J connectivity index is 3.35. The molecular weight excluding hydrogens is 286 g/mol. The predicted molar refractivity (Wildman–Crippen MR) is 52.9 cm³/mol. The highest BCUT2D eigenvalue weighted by atomic mass is 79.9. The second-order valence-corrected chi connectivity index (χ2v) is 3.61. The van der Waals surface area contributed by atoms with Crippen molar-refractivity contribution in [3.8, 4) is 6.07 Å². The molecule has 1 rings (SSSR count). The van der Waals surface area contributed by atoms with Crippen molar-refractivity contribution >= 4 is 21.9 Å². The van der Waals surface area contributed by atoms with Gasteiger partial charge < -0.3 is 5.11 Å². The molecule has 0 fully saturated rings. The number of rotatable bonds is 3. The quantitative estimate of drug-likeness (QED) is 0.867. The zero-order valence-electron chi connectivity index (χ0n) is 7.75. The van der Waals surface area contributed by atoms with Crippen LogP contribution in [0.15, 0.2) is 10.7 Å². The Kier molecular flexibility index (Phi) is 3.90. The summed E-state index contributed by atoms with van der Waals surface area (Å²) in [6.07, 6.45) is -3.42. The monoisotopic (exact) mass is 290 g/mol. The van der Waals surface area contributed by atoms with E-state index in [1.807, 2.05) is 0 Å². The lowest BCUT2D eigenvalue weighted by atomic mass is 10.1. The summed E-state index contributed by atoms with van der Waals surface area (Å²) in [6.45, 7) is 0. The molecule has 1 heterocycles. The van der Waals surface area contributed by atoms with Gasteiger partial charge in [0.05, 0.1) is 12.0 Å². The van der Waals surface area contributed by atoms with Gasteiger partial charge in [0.2, 0.25) is 0 Å². The summed E-state index contributed by atoms with van der Waals surface area (Å²) in [5.74, 6) is -1.25. The number of hydrogen-bond donors (Lipinski definition) is 1. The Morgan fingerprint density at radius 1 is 1.69 bits per heavy atom. The Hall–Kier alpha value is -1.55. The van der Waals surface area contributed by atoms with Crippen molar-refractivity contribution in [3.63, 3.8) is 0 Å². The van der Waals surface area contributed by atoms with Crippen LogP contribution in [0, 0.1) is 11.3 Å². The molecule has 1 N–H and O–H groups in total. The van der Waals surface area contributed by atoms with Crippen LogP contribution in [0.1, 0.15) is 23.2 Å². The van der Waals surface area contributed by atoms with Gasteiger partial charge in [-0.25, -0.2) is 13.8 Å². The summed E-state index contributed by atoms with van der Waals surface area (Å²) in [6, 6.07) is 2.72. The molecule has 0 saturated heterocycles. The van der Waals surface area contributed by atoms with Gasteiger partial charge in [-0.15, -0.1) is 0 Å². The molecule has 0 aromatic carbocycles. The van der Waals surface area contributed by atoms with Gasteiger partial charge in [0, 0.05) is 0 Å². The molecule has 0 aliphatic rings. The normalized spacial score (nSPS) is 10.2. The number of aromatic nitrogens is 1. The largest absolute Gasteiger partial charge is 0.481 e. The van der Waals surface area contributed by atoms with Gasteiger partial charge in [-0.3, -0.25) is 4.79 Å². The molecule has 84 valence electrons. The van der Waals surface area contributed by atoms with Crippen molar-refractivity contribution in [1.29, 1.82) is 5.26 Å². The summed E-state index contributed by atoms with van der Waals surface area (Å²) < 4.78 is 25.1. The molecular formula is C9H5BrF2N2O2. The summed E-state index contributed by atoms with van der Waals surface area (Å²) in [5.41, 5.74) is -0.699. The predicted octanol–water partition coefficient (Wildman–Crippen LogP) is 2.28. The van der Waals surface area contributed by atoms with Crippen molar-refractivity contribution < 1.29 is 18.7 Å². The van der Waals surface area contributed by atoms with E-state index in [1.54, 1.807) is 6.07 Å². The zero-order valence-corrected chi connectivity index (χ0v) is 9.33. The molecule has 16 heavy (non-hydrogen) atoms. The number of aliphatic carboxylic acids is 1. The minimum Gasteiger partial charge on any atom is -0.481 e. The highest BCUT2D eigenvalue weighted by molar-refractivity contribution is 9.10. The van der Waals surface area contributed by atoms with Gasteiger partial charge in [0.1, 0.15) is 16.4 Å². The number of halogens is 3. The molecule has 0 amide bonds. The Morgan fingerprint density at radius 2 is 2.31 bits per heavy atom. The van der Waals surface area contributed by atoms with Gasteiger partial charge in [-0.05, 0) is 27.6 Å². The fourth-order valence-electron chi connectivity index (χ4n) is 1.17. The molecule has 0 radical (unpaired) electrons. The third-order valence-electron chi connectivity index (χ3n) is 1.77. The van der Waals surface area contributed by atoms with Crippen molar-refractivity contribution in [2.75, 3.05) is 0 Å². The topological polar surface area (TPSA) is 74.0 Å². The number of pyridine rings is 1. The van der Waals surface area contributed by atoms with Crippen molar-refractivity contribution in [1.82, 2.24) is 4.98 Å². The first kappa shape index (κ1) is 12.5. The molecule has 1 aromatic heterocycles. The summed E-state index contributed by atoms with van der Waals surface area (Å²) >= 11 is 2.79. The van der Waals surface area contributed by atoms with Crippen LogP contribution in [-0.4, -0.2) is 16.1 Å². The van der Waals surface area contributed by atoms with E-state index in [1.165, 1.54) is 0 Å². The summed E-state index contributed by atoms with van der Waals surface area (Å²) in [5, 5.41) is 17.1. The summed E-state index contributed by atoms with van der Waals surface area (Å²) in [4.78, 5) is 14.1. The van der Waals surface area contributed by atoms with Gasteiger partial charge >= 0.3 is 5.97 Å². The van der Waals surface area contributed by atoms with Crippen LogP contribution in [0.3, 0.4) is 0 Å². The lowest BCUT2D eigenvalue weighted by Gasteiger charge is -2.08. The van der Waals surface area contributed by atoms with E-state index in [0.717, 1.165) is 6.07 Å². The van der Waals surface area contributed by atoms with Gasteiger partial charge in [-0.2, -0.15) is 5.26 Å². The van der Waals surface area contributed by atoms with Gasteiger partial charge in [-0.1, -0.05) is 0 Å². The van der Waals surface area contributed by atoms with Crippen LogP contribution in [0.2, 0.25) is 0 Å². The first-order chi connectivity index (χ1) is 7.45. The highest BCUT2D eigenvalue weighted by Crippen LogP contribution is 2.30. The van der Waals surface area contributed by atoms with E-state index >= 15 is 0 Å². The van der Waals surface area contributed by atoms with E-state index in [-0.39, 0.29) is 15.9 Å². The molecule has 0 unspecified atom stereocenters. The molecule has 4 nitrogen and oxygen atoms in total. The second kappa shape index (κ2) is 4.99. The lowest BCUT2D eigenvalue weighted by Crippen LogP contribution is -2.07. The Labute approximate surface area is 97.7 Å². The SMILES string of the molecule is N#Cc1cc(CC(=O)O)c(C(F)F)c(Br)n1. The smallest absolute Gasteiger partial charge is 0.307 e. The van der Waals surface area contributed by atoms with Crippen LogP contribution in [0.4, 0.5) is 8.78 Å². The molecule has 0 aliphatic carbocycles. The van der Waals surface area contributed by atoms with Gasteiger partial charge in [0.25, 0.3) is 6.43 Å². The van der Waals surface area contributed by atoms with E-state index in [9.17, 15) is 13.6 Å². The average Bonchev–Trinajstić information content (AvgIpc) is 2.14. The number of nitrogens with zero attached hydrogens (tertiary/aromatic N) is 2. The second-order valence-electron chi connectivity index (χ2n) is 2.85. The number of alkyl halides is 2. The van der Waals surface area contributed by atoms with Crippen LogP contribution in [0.25, 0.3) is 0 Å². The minimum atomic E-state index is -2.84. The Bertz CT molecular complexity index is 471. The lowest BCUT2D eigenvalue weighted by molar-refractivity contribution is -0.136. The van der Waals surface area contributed by atoms with E-state index < -0.39 is 24.4 Å². The van der Waals surface area contributed by atoms with Crippen LogP contribution < -0.4 is 0 Å². The molecule has 1 aromatic rings. The third kappa shape index (κ3) is 2.73. The molecule has 0 saturated carbocycles. The Morgan fingerprint density at radius 3 is 2.75 bits per heavy atom. The molecule has 0 atom stereocenters. The van der Waals surface area contributed by atoms with Crippen molar-refractivity contribution in [2.24, 2.45) is 0 Å². The maximum Gasteiger partial charge on any atom is 0.307 e.